The maximum Gasteiger partial charge on any atom is 0.210 e. The van der Waals surface area contributed by atoms with Gasteiger partial charge in [0.1, 0.15) is 22.0 Å². The summed E-state index contributed by atoms with van der Waals surface area (Å²) in [7, 11) is -3.90. The fourth-order valence-electron chi connectivity index (χ4n) is 3.37. The Morgan fingerprint density at radius 1 is 1.03 bits per heavy atom. The van der Waals surface area contributed by atoms with E-state index in [-0.39, 0.29) is 15.6 Å². The fourth-order valence-corrected chi connectivity index (χ4v) is 4.89. The summed E-state index contributed by atoms with van der Waals surface area (Å²) in [5.74, 6) is 0.223. The number of anilines is 1. The van der Waals surface area contributed by atoms with Crippen LogP contribution < -0.4 is 10.1 Å². The summed E-state index contributed by atoms with van der Waals surface area (Å²) < 4.78 is 45.9. The van der Waals surface area contributed by atoms with Gasteiger partial charge in [0.05, 0.1) is 17.2 Å². The molecule has 8 heteroatoms. The molecule has 0 radical (unpaired) electrons. The van der Waals surface area contributed by atoms with E-state index in [1.165, 1.54) is 42.6 Å². The Kier molecular flexibility index (Phi) is 6.30. The lowest BCUT2D eigenvalue weighted by molar-refractivity contribution is 0.343. The molecule has 0 aliphatic carbocycles. The van der Waals surface area contributed by atoms with Crippen molar-refractivity contribution in [3.05, 3.63) is 89.3 Å². The van der Waals surface area contributed by atoms with E-state index < -0.39 is 9.84 Å². The van der Waals surface area contributed by atoms with Crippen molar-refractivity contribution in [1.82, 2.24) is 4.98 Å². The average Bonchev–Trinajstić information content (AvgIpc) is 2.79. The van der Waals surface area contributed by atoms with Crippen molar-refractivity contribution >= 4 is 38.0 Å². The molecule has 5 nitrogen and oxygen atoms in total. The Morgan fingerprint density at radius 3 is 2.44 bits per heavy atom. The second-order valence-corrected chi connectivity index (χ2v) is 9.37. The zero-order valence-electron chi connectivity index (χ0n) is 17.2. The number of pyridine rings is 1. The normalized spacial score (nSPS) is 11.5. The van der Waals surface area contributed by atoms with E-state index in [0.29, 0.717) is 40.5 Å². The SMILES string of the molecule is CCOc1cccc2c(NCc3ccc(F)cc3)c(S(=O)(=O)c3ccc(Cl)cc3)cnc12. The number of fused-ring (bicyclic) bond motifs is 1. The highest BCUT2D eigenvalue weighted by atomic mass is 35.5. The van der Waals surface area contributed by atoms with Crippen LogP contribution in [0.25, 0.3) is 10.9 Å². The van der Waals surface area contributed by atoms with Crippen LogP contribution in [0.1, 0.15) is 12.5 Å². The molecule has 0 fully saturated rings. The molecule has 0 amide bonds. The lowest BCUT2D eigenvalue weighted by Crippen LogP contribution is -2.10. The fraction of sp³-hybridized carbons (Fsp3) is 0.125. The van der Waals surface area contributed by atoms with E-state index in [0.717, 1.165) is 5.56 Å². The van der Waals surface area contributed by atoms with Gasteiger partial charge in [-0.3, -0.25) is 4.98 Å². The van der Waals surface area contributed by atoms with Crippen LogP contribution in [0.4, 0.5) is 10.1 Å². The minimum atomic E-state index is -3.90. The van der Waals surface area contributed by atoms with Crippen LogP contribution in [0.5, 0.6) is 5.75 Å². The number of nitrogens with zero attached hydrogens (tertiary/aromatic N) is 1. The summed E-state index contributed by atoms with van der Waals surface area (Å²) in [6.07, 6.45) is 1.34. The maximum atomic E-state index is 13.5. The van der Waals surface area contributed by atoms with Crippen LogP contribution in [-0.2, 0) is 16.4 Å². The van der Waals surface area contributed by atoms with Gasteiger partial charge in [0.15, 0.2) is 0 Å². The van der Waals surface area contributed by atoms with E-state index in [1.807, 2.05) is 6.92 Å². The number of benzene rings is 3. The first-order chi connectivity index (χ1) is 15.4. The number of halogens is 2. The standard InChI is InChI=1S/C24H20ClFN2O3S/c1-2-31-21-5-3-4-20-23(21)28-15-22(32(29,30)19-12-8-17(25)9-13-19)24(20)27-14-16-6-10-18(26)11-7-16/h3-13,15H,2,14H2,1H3,(H,27,28). The third kappa shape index (κ3) is 4.40. The molecule has 4 aromatic rings. The molecule has 32 heavy (non-hydrogen) atoms. The quantitative estimate of drug-likeness (QED) is 0.366. The Bertz CT molecular complexity index is 1360. The highest BCUT2D eigenvalue weighted by molar-refractivity contribution is 7.91. The lowest BCUT2D eigenvalue weighted by Gasteiger charge is -2.17. The zero-order chi connectivity index (χ0) is 22.7. The van der Waals surface area contributed by atoms with Crippen LogP contribution in [0, 0.1) is 5.82 Å². The molecule has 0 saturated carbocycles. The second-order valence-electron chi connectivity index (χ2n) is 7.02. The van der Waals surface area contributed by atoms with Gasteiger partial charge in [0.2, 0.25) is 9.84 Å². The van der Waals surface area contributed by atoms with Gasteiger partial charge in [-0.05, 0) is 55.0 Å². The van der Waals surface area contributed by atoms with E-state index in [4.69, 9.17) is 16.3 Å². The van der Waals surface area contributed by atoms with E-state index in [9.17, 15) is 12.8 Å². The predicted molar refractivity (Wildman–Crippen MR) is 124 cm³/mol. The smallest absolute Gasteiger partial charge is 0.210 e. The van der Waals surface area contributed by atoms with Crippen LogP contribution in [0.3, 0.4) is 0 Å². The first-order valence-corrected chi connectivity index (χ1v) is 11.8. The van der Waals surface area contributed by atoms with Gasteiger partial charge >= 0.3 is 0 Å². The van der Waals surface area contributed by atoms with E-state index >= 15 is 0 Å². The number of ether oxygens (including phenoxy) is 1. The van der Waals surface area contributed by atoms with E-state index in [2.05, 4.69) is 10.3 Å². The molecule has 1 N–H and O–H groups in total. The molecular formula is C24H20ClFN2O3S. The van der Waals surface area contributed by atoms with Crippen molar-refractivity contribution in [2.75, 3.05) is 11.9 Å². The molecule has 1 aromatic heterocycles. The van der Waals surface area contributed by atoms with Crippen molar-refractivity contribution in [1.29, 1.82) is 0 Å². The number of rotatable bonds is 7. The number of sulfone groups is 1. The van der Waals surface area contributed by atoms with Gasteiger partial charge in [0.25, 0.3) is 0 Å². The Balaban J connectivity index is 1.86. The third-order valence-corrected chi connectivity index (χ3v) is 6.95. The van der Waals surface area contributed by atoms with Crippen molar-refractivity contribution in [2.24, 2.45) is 0 Å². The summed E-state index contributed by atoms with van der Waals surface area (Å²) in [6, 6.07) is 17.4. The van der Waals surface area contributed by atoms with Crippen LogP contribution >= 0.6 is 11.6 Å². The Hall–Kier alpha value is -3.16. The summed E-state index contributed by atoms with van der Waals surface area (Å²) in [4.78, 5) is 4.55. The highest BCUT2D eigenvalue weighted by Crippen LogP contribution is 2.36. The number of hydrogen-bond donors (Lipinski definition) is 1. The largest absolute Gasteiger partial charge is 0.492 e. The second kappa shape index (κ2) is 9.14. The number of aromatic nitrogens is 1. The van der Waals surface area contributed by atoms with Gasteiger partial charge in [-0.1, -0.05) is 35.9 Å². The molecule has 0 aliphatic heterocycles. The molecule has 1 heterocycles. The lowest BCUT2D eigenvalue weighted by atomic mass is 10.1. The molecule has 164 valence electrons. The Labute approximate surface area is 190 Å². The zero-order valence-corrected chi connectivity index (χ0v) is 18.8. The minimum absolute atomic E-state index is 0.0306. The molecule has 0 bridgehead atoms. The number of hydrogen-bond acceptors (Lipinski definition) is 5. The maximum absolute atomic E-state index is 13.5. The van der Waals surface area contributed by atoms with Gasteiger partial charge in [-0.25, -0.2) is 12.8 Å². The summed E-state index contributed by atoms with van der Waals surface area (Å²) >= 11 is 5.93. The Morgan fingerprint density at radius 2 is 1.75 bits per heavy atom. The van der Waals surface area contributed by atoms with Crippen molar-refractivity contribution < 1.29 is 17.5 Å². The van der Waals surface area contributed by atoms with Gasteiger partial charge in [-0.2, -0.15) is 0 Å². The molecule has 0 atom stereocenters. The van der Waals surface area contributed by atoms with Gasteiger partial charge in [-0.15, -0.1) is 0 Å². The summed E-state index contributed by atoms with van der Waals surface area (Å²) in [5, 5.41) is 4.27. The van der Waals surface area contributed by atoms with Gasteiger partial charge < -0.3 is 10.1 Å². The van der Waals surface area contributed by atoms with Crippen molar-refractivity contribution in [3.63, 3.8) is 0 Å². The first kappa shape index (κ1) is 22.0. The predicted octanol–water partition coefficient (Wildman–Crippen LogP) is 5.87. The summed E-state index contributed by atoms with van der Waals surface area (Å²) in [5.41, 5.74) is 1.74. The number of para-hydroxylation sites is 1. The summed E-state index contributed by atoms with van der Waals surface area (Å²) in [6.45, 7) is 2.61. The third-order valence-electron chi connectivity index (χ3n) is 4.92. The van der Waals surface area contributed by atoms with Gasteiger partial charge in [0, 0.05) is 23.2 Å². The monoisotopic (exact) mass is 470 g/mol. The molecule has 0 saturated heterocycles. The molecule has 0 spiro atoms. The molecule has 3 aromatic carbocycles. The van der Waals surface area contributed by atoms with Crippen molar-refractivity contribution in [2.45, 2.75) is 23.3 Å². The topological polar surface area (TPSA) is 68.3 Å². The number of nitrogens with one attached hydrogen (secondary N) is 1. The molecular weight excluding hydrogens is 451 g/mol. The molecule has 0 unspecified atom stereocenters. The molecule has 0 aliphatic rings. The van der Waals surface area contributed by atoms with Crippen LogP contribution in [0.15, 0.2) is 82.7 Å². The average molecular weight is 471 g/mol. The minimum Gasteiger partial charge on any atom is -0.492 e. The molecule has 4 rings (SSSR count). The van der Waals surface area contributed by atoms with Crippen LogP contribution in [0.2, 0.25) is 5.02 Å². The van der Waals surface area contributed by atoms with E-state index in [1.54, 1.807) is 30.3 Å². The van der Waals surface area contributed by atoms with Crippen molar-refractivity contribution in [3.8, 4) is 5.75 Å². The highest BCUT2D eigenvalue weighted by Gasteiger charge is 2.24. The first-order valence-electron chi connectivity index (χ1n) is 9.93. The van der Waals surface area contributed by atoms with Crippen LogP contribution in [-0.4, -0.2) is 20.0 Å².